The van der Waals surface area contributed by atoms with Gasteiger partial charge in [-0.1, -0.05) is 42.6 Å². The molecule has 2 fully saturated rings. The van der Waals surface area contributed by atoms with Crippen LogP contribution in [0.2, 0.25) is 5.02 Å². The lowest BCUT2D eigenvalue weighted by Gasteiger charge is -2.33. The van der Waals surface area contributed by atoms with Crippen molar-refractivity contribution in [2.45, 2.75) is 50.7 Å². The minimum absolute atomic E-state index is 0.104. The third-order valence-corrected chi connectivity index (χ3v) is 7.03. The molecule has 33 heavy (non-hydrogen) atoms. The fourth-order valence-electron chi connectivity index (χ4n) is 5.31. The predicted molar refractivity (Wildman–Crippen MR) is 128 cm³/mol. The molecule has 2 amide bonds. The number of benzene rings is 2. The second-order valence-corrected chi connectivity index (χ2v) is 9.42. The van der Waals surface area contributed by atoms with Crippen molar-refractivity contribution in [2.75, 3.05) is 5.32 Å². The number of halogens is 1. The molecule has 1 aromatic heterocycles. The molecule has 0 spiro atoms. The molecule has 3 atom stereocenters. The fourth-order valence-corrected chi connectivity index (χ4v) is 5.50. The molecule has 1 N–H and O–H groups in total. The van der Waals surface area contributed by atoms with Gasteiger partial charge in [-0.15, -0.1) is 0 Å². The van der Waals surface area contributed by atoms with Crippen LogP contribution in [0.15, 0.2) is 67.0 Å². The summed E-state index contributed by atoms with van der Waals surface area (Å²) < 4.78 is 1.84. The zero-order valence-electron chi connectivity index (χ0n) is 18.4. The van der Waals surface area contributed by atoms with Gasteiger partial charge in [0.1, 0.15) is 6.04 Å². The molecule has 3 aromatic rings. The number of hydrogen-bond acceptors (Lipinski definition) is 3. The Morgan fingerprint density at radius 2 is 1.91 bits per heavy atom. The normalized spacial score (nSPS) is 22.1. The van der Waals surface area contributed by atoms with E-state index in [0.717, 1.165) is 36.9 Å². The second kappa shape index (κ2) is 9.40. The van der Waals surface area contributed by atoms with Crippen LogP contribution in [0.25, 0.3) is 0 Å². The first-order valence-corrected chi connectivity index (χ1v) is 11.9. The molecule has 5 rings (SSSR count). The molecule has 170 valence electrons. The first-order chi connectivity index (χ1) is 16.1. The Bertz CT molecular complexity index is 1150. The summed E-state index contributed by atoms with van der Waals surface area (Å²) in [6.45, 7) is 0.629. The van der Waals surface area contributed by atoms with Gasteiger partial charge in [0.05, 0.1) is 6.54 Å². The van der Waals surface area contributed by atoms with E-state index in [1.165, 1.54) is 0 Å². The first kappa shape index (κ1) is 21.7. The van der Waals surface area contributed by atoms with Gasteiger partial charge >= 0.3 is 0 Å². The zero-order valence-corrected chi connectivity index (χ0v) is 19.1. The molecule has 1 saturated heterocycles. The van der Waals surface area contributed by atoms with Gasteiger partial charge < -0.3 is 10.2 Å². The largest absolute Gasteiger partial charge is 0.324 e. The second-order valence-electron chi connectivity index (χ2n) is 8.98. The number of likely N-dealkylation sites (tertiary alicyclic amines) is 1. The number of aromatic nitrogens is 2. The summed E-state index contributed by atoms with van der Waals surface area (Å²) >= 11 is 6.15. The van der Waals surface area contributed by atoms with E-state index in [4.69, 9.17) is 11.6 Å². The highest BCUT2D eigenvalue weighted by Gasteiger charge is 2.47. The molecule has 0 radical (unpaired) electrons. The van der Waals surface area contributed by atoms with Crippen LogP contribution in [0.4, 0.5) is 5.69 Å². The minimum Gasteiger partial charge on any atom is -0.324 e. The average Bonchev–Trinajstić information content (AvgIpc) is 3.46. The number of carbonyl (C=O) groups is 2. The third-order valence-electron chi connectivity index (χ3n) is 6.80. The van der Waals surface area contributed by atoms with Gasteiger partial charge in [-0.05, 0) is 67.1 Å². The molecule has 0 bridgehead atoms. The van der Waals surface area contributed by atoms with Crippen LogP contribution in [-0.2, 0) is 11.3 Å². The van der Waals surface area contributed by atoms with Gasteiger partial charge in [-0.2, -0.15) is 5.10 Å². The fraction of sp³-hybridized carbons (Fsp3) is 0.346. The molecule has 6 nitrogen and oxygen atoms in total. The number of nitrogens with one attached hydrogen (secondary N) is 1. The van der Waals surface area contributed by atoms with E-state index in [2.05, 4.69) is 10.4 Å². The van der Waals surface area contributed by atoms with Crippen molar-refractivity contribution < 1.29 is 9.59 Å². The highest BCUT2D eigenvalue weighted by Crippen LogP contribution is 2.41. The number of nitrogens with zero attached hydrogens (tertiary/aromatic N) is 3. The van der Waals surface area contributed by atoms with E-state index in [1.54, 1.807) is 30.5 Å². The Morgan fingerprint density at radius 3 is 2.73 bits per heavy atom. The van der Waals surface area contributed by atoms with Crippen molar-refractivity contribution in [2.24, 2.45) is 5.92 Å². The first-order valence-electron chi connectivity index (χ1n) is 11.5. The number of carbonyl (C=O) groups excluding carboxylic acids is 2. The molecular weight excluding hydrogens is 436 g/mol. The van der Waals surface area contributed by atoms with Gasteiger partial charge in [0.2, 0.25) is 5.91 Å². The monoisotopic (exact) mass is 462 g/mol. The van der Waals surface area contributed by atoms with Crippen molar-refractivity contribution in [3.63, 3.8) is 0 Å². The lowest BCUT2D eigenvalue weighted by molar-refractivity contribution is -0.120. The van der Waals surface area contributed by atoms with Gasteiger partial charge in [0.15, 0.2) is 0 Å². The molecule has 1 aliphatic carbocycles. The molecule has 3 unspecified atom stereocenters. The number of anilines is 1. The van der Waals surface area contributed by atoms with Crippen molar-refractivity contribution in [3.05, 3.63) is 83.1 Å². The topological polar surface area (TPSA) is 67.2 Å². The Hall–Kier alpha value is -3.12. The van der Waals surface area contributed by atoms with E-state index in [-0.39, 0.29) is 17.9 Å². The predicted octanol–water partition coefficient (Wildman–Crippen LogP) is 5.00. The van der Waals surface area contributed by atoms with Crippen LogP contribution in [0.3, 0.4) is 0 Å². The van der Waals surface area contributed by atoms with Crippen LogP contribution in [-0.4, -0.2) is 38.6 Å². The standard InChI is InChI=1S/C26H27ClN4O2/c27-21-9-4-8-20(15-21)26(33)31-23-11-2-1-7-19(23)16-24(31)25(32)29-22-10-3-6-18(14-22)17-30-13-5-12-28-30/h3-6,8-10,12-15,19,23-24H,1-2,7,11,16-17H2,(H,29,32). The molecule has 1 saturated carbocycles. The maximum Gasteiger partial charge on any atom is 0.254 e. The lowest BCUT2D eigenvalue weighted by Crippen LogP contribution is -2.47. The van der Waals surface area contributed by atoms with Crippen LogP contribution in [0.1, 0.15) is 48.0 Å². The zero-order chi connectivity index (χ0) is 22.8. The molecule has 1 aliphatic heterocycles. The van der Waals surface area contributed by atoms with Gasteiger partial charge in [0, 0.05) is 34.7 Å². The van der Waals surface area contributed by atoms with Crippen molar-refractivity contribution in [3.8, 4) is 0 Å². The summed E-state index contributed by atoms with van der Waals surface area (Å²) in [7, 11) is 0. The van der Waals surface area contributed by atoms with Crippen molar-refractivity contribution >= 4 is 29.1 Å². The summed E-state index contributed by atoms with van der Waals surface area (Å²) in [5, 5.41) is 7.84. The van der Waals surface area contributed by atoms with Crippen LogP contribution < -0.4 is 5.32 Å². The van der Waals surface area contributed by atoms with E-state index >= 15 is 0 Å². The van der Waals surface area contributed by atoms with Crippen LogP contribution in [0.5, 0.6) is 0 Å². The summed E-state index contributed by atoms with van der Waals surface area (Å²) in [4.78, 5) is 28.8. The number of fused-ring (bicyclic) bond motifs is 1. The van der Waals surface area contributed by atoms with Crippen molar-refractivity contribution in [1.29, 1.82) is 0 Å². The SMILES string of the molecule is O=C(Nc1cccc(Cn2cccn2)c1)C1CC2CCCCC2N1C(=O)c1cccc(Cl)c1. The Balaban J connectivity index is 1.37. The Morgan fingerprint density at radius 1 is 1.06 bits per heavy atom. The molecule has 2 aliphatic rings. The summed E-state index contributed by atoms with van der Waals surface area (Å²) in [5.41, 5.74) is 2.31. The summed E-state index contributed by atoms with van der Waals surface area (Å²) in [6, 6.07) is 16.3. The van der Waals surface area contributed by atoms with E-state index < -0.39 is 6.04 Å². The summed E-state index contributed by atoms with van der Waals surface area (Å²) in [6.07, 6.45) is 8.61. The highest BCUT2D eigenvalue weighted by atomic mass is 35.5. The van der Waals surface area contributed by atoms with Crippen LogP contribution in [0, 0.1) is 5.92 Å². The van der Waals surface area contributed by atoms with Crippen molar-refractivity contribution in [1.82, 2.24) is 14.7 Å². The Kier molecular flexibility index (Phi) is 6.18. The van der Waals surface area contributed by atoms with E-state index in [0.29, 0.717) is 29.5 Å². The lowest BCUT2D eigenvalue weighted by atomic mass is 9.84. The van der Waals surface area contributed by atoms with Crippen LogP contribution >= 0.6 is 11.6 Å². The van der Waals surface area contributed by atoms with E-state index in [9.17, 15) is 9.59 Å². The molecule has 2 heterocycles. The van der Waals surface area contributed by atoms with Gasteiger partial charge in [-0.25, -0.2) is 0 Å². The summed E-state index contributed by atoms with van der Waals surface area (Å²) in [5.74, 6) is 0.124. The van der Waals surface area contributed by atoms with Gasteiger partial charge in [-0.3, -0.25) is 14.3 Å². The Labute approximate surface area is 198 Å². The van der Waals surface area contributed by atoms with Gasteiger partial charge in [0.25, 0.3) is 5.91 Å². The smallest absolute Gasteiger partial charge is 0.254 e. The number of rotatable bonds is 5. The maximum absolute atomic E-state index is 13.5. The molecule has 2 aromatic carbocycles. The van der Waals surface area contributed by atoms with E-state index in [1.807, 2.05) is 46.1 Å². The number of amides is 2. The molecular formula is C26H27ClN4O2. The maximum atomic E-state index is 13.5. The minimum atomic E-state index is -0.487. The third kappa shape index (κ3) is 4.67. The molecule has 7 heteroatoms. The highest BCUT2D eigenvalue weighted by molar-refractivity contribution is 6.31. The average molecular weight is 463 g/mol. The quantitative estimate of drug-likeness (QED) is 0.580. The number of hydrogen-bond donors (Lipinski definition) is 1.